The molecular weight excluding hydrogens is 563 g/mol. The molecule has 3 aromatic rings. The van der Waals surface area contributed by atoms with Gasteiger partial charge in [-0.3, -0.25) is 0 Å². The van der Waals surface area contributed by atoms with Crippen LogP contribution < -0.4 is 15.2 Å². The van der Waals surface area contributed by atoms with Gasteiger partial charge in [-0.05, 0) is 81.3 Å². The third-order valence-electron chi connectivity index (χ3n) is 5.56. The zero-order valence-electron chi connectivity index (χ0n) is 20.7. The lowest BCUT2D eigenvalue weighted by atomic mass is 10.1. The van der Waals surface area contributed by atoms with Gasteiger partial charge in [-0.1, -0.05) is 0 Å². The van der Waals surface area contributed by atoms with Crippen molar-refractivity contribution < 1.29 is 19.0 Å². The average molecular weight is 594 g/mol. The van der Waals surface area contributed by atoms with Crippen LogP contribution in [0.15, 0.2) is 18.5 Å². The van der Waals surface area contributed by atoms with E-state index in [1.54, 1.807) is 4.90 Å². The summed E-state index contributed by atoms with van der Waals surface area (Å²) in [5, 5.41) is 0. The third-order valence-corrected chi connectivity index (χ3v) is 6.57. The van der Waals surface area contributed by atoms with Crippen LogP contribution in [0.2, 0.25) is 0 Å². The number of benzene rings is 1. The standard InChI is InChI=1S/C24H31IN6O4/c1-14(2)30(23(32)35-24(3,4)5)7-6-8-31-19(29-20-21(26)27-12-28-22(20)31)10-15-9-17-18(11-16(15)25)34-13-33-17/h9,11-12,14H,6-8,10,13H2,1-5H3,(H2,26,27,28). The molecule has 0 bridgehead atoms. The second kappa shape index (κ2) is 10.0. The zero-order chi connectivity index (χ0) is 25.3. The number of aromatic nitrogens is 4. The van der Waals surface area contributed by atoms with E-state index >= 15 is 0 Å². The molecule has 0 saturated carbocycles. The molecule has 0 saturated heterocycles. The molecule has 35 heavy (non-hydrogen) atoms. The number of nitrogens with two attached hydrogens (primary N) is 1. The summed E-state index contributed by atoms with van der Waals surface area (Å²) in [4.78, 5) is 27.8. The van der Waals surface area contributed by atoms with Crippen molar-refractivity contribution in [3.8, 4) is 11.5 Å². The van der Waals surface area contributed by atoms with Gasteiger partial charge in [-0.2, -0.15) is 0 Å². The van der Waals surface area contributed by atoms with E-state index in [4.69, 9.17) is 24.9 Å². The number of amides is 1. The van der Waals surface area contributed by atoms with Crippen LogP contribution in [0.4, 0.5) is 10.6 Å². The van der Waals surface area contributed by atoms with Crippen LogP contribution in [0.25, 0.3) is 11.2 Å². The Labute approximate surface area is 218 Å². The molecule has 1 amide bonds. The summed E-state index contributed by atoms with van der Waals surface area (Å²) in [5.41, 5.74) is 7.89. The van der Waals surface area contributed by atoms with E-state index in [1.165, 1.54) is 6.33 Å². The normalized spacial score (nSPS) is 13.0. The molecule has 188 valence electrons. The summed E-state index contributed by atoms with van der Waals surface area (Å²) in [6.07, 6.45) is 2.39. The van der Waals surface area contributed by atoms with Crippen LogP contribution in [0.1, 0.15) is 52.4 Å². The number of rotatable bonds is 7. The van der Waals surface area contributed by atoms with E-state index in [1.807, 2.05) is 46.8 Å². The molecule has 1 aliphatic heterocycles. The first-order valence-electron chi connectivity index (χ1n) is 11.6. The predicted octanol–water partition coefficient (Wildman–Crippen LogP) is 4.37. The van der Waals surface area contributed by atoms with Gasteiger partial charge in [0.1, 0.15) is 17.8 Å². The monoisotopic (exact) mass is 594 g/mol. The summed E-state index contributed by atoms with van der Waals surface area (Å²) in [6, 6.07) is 3.98. The van der Waals surface area contributed by atoms with Crippen molar-refractivity contribution in [1.82, 2.24) is 24.4 Å². The molecule has 1 aromatic carbocycles. The van der Waals surface area contributed by atoms with E-state index in [-0.39, 0.29) is 18.9 Å². The second-order valence-corrected chi connectivity index (χ2v) is 10.9. The molecule has 0 fully saturated rings. The van der Waals surface area contributed by atoms with Crippen molar-refractivity contribution in [3.63, 3.8) is 0 Å². The van der Waals surface area contributed by atoms with E-state index in [9.17, 15) is 4.79 Å². The number of nitrogens with zero attached hydrogens (tertiary/aromatic N) is 5. The van der Waals surface area contributed by atoms with Crippen LogP contribution in [-0.2, 0) is 17.7 Å². The summed E-state index contributed by atoms with van der Waals surface area (Å²) in [5.74, 6) is 2.63. The summed E-state index contributed by atoms with van der Waals surface area (Å²) >= 11 is 2.30. The number of fused-ring (bicyclic) bond motifs is 2. The lowest BCUT2D eigenvalue weighted by Crippen LogP contribution is -2.41. The molecule has 2 aromatic heterocycles. The number of hydrogen-bond acceptors (Lipinski definition) is 8. The van der Waals surface area contributed by atoms with E-state index in [2.05, 4.69) is 37.1 Å². The minimum absolute atomic E-state index is 0.0111. The molecule has 4 rings (SSSR count). The maximum atomic E-state index is 12.7. The molecule has 2 N–H and O–H groups in total. The van der Waals surface area contributed by atoms with Crippen molar-refractivity contribution in [2.75, 3.05) is 19.1 Å². The van der Waals surface area contributed by atoms with Gasteiger partial charge in [0.25, 0.3) is 0 Å². The Hall–Kier alpha value is -2.83. The van der Waals surface area contributed by atoms with Gasteiger partial charge < -0.3 is 29.4 Å². The van der Waals surface area contributed by atoms with Crippen molar-refractivity contribution >= 4 is 45.7 Å². The van der Waals surface area contributed by atoms with Crippen molar-refractivity contribution in [2.45, 2.75) is 65.6 Å². The topological polar surface area (TPSA) is 118 Å². The van der Waals surface area contributed by atoms with E-state index in [0.717, 1.165) is 26.5 Å². The number of halogens is 1. The number of carbonyl (C=O) groups is 1. The van der Waals surface area contributed by atoms with Gasteiger partial charge in [0.15, 0.2) is 28.5 Å². The fraction of sp³-hybridized carbons (Fsp3) is 0.500. The highest BCUT2D eigenvalue weighted by atomic mass is 127. The Bertz CT molecular complexity index is 1240. The van der Waals surface area contributed by atoms with Crippen LogP contribution >= 0.6 is 22.6 Å². The molecule has 0 radical (unpaired) electrons. The van der Waals surface area contributed by atoms with Crippen molar-refractivity contribution in [3.05, 3.63) is 33.4 Å². The summed E-state index contributed by atoms with van der Waals surface area (Å²) < 4.78 is 19.8. The molecule has 0 spiro atoms. The number of nitrogen functional groups attached to an aromatic ring is 1. The van der Waals surface area contributed by atoms with Gasteiger partial charge in [0.2, 0.25) is 6.79 Å². The molecular formula is C24H31IN6O4. The largest absolute Gasteiger partial charge is 0.454 e. The first-order chi connectivity index (χ1) is 16.5. The number of ether oxygens (including phenoxy) is 3. The van der Waals surface area contributed by atoms with Gasteiger partial charge in [-0.15, -0.1) is 0 Å². The molecule has 0 aliphatic carbocycles. The SMILES string of the molecule is CC(C)N(CCCn1c(Cc2cc3c(cc2I)OCO3)nc2c(N)ncnc21)C(=O)OC(C)(C)C. The molecule has 10 nitrogen and oxygen atoms in total. The first-order valence-corrected chi connectivity index (χ1v) is 12.6. The minimum Gasteiger partial charge on any atom is -0.454 e. The minimum atomic E-state index is -0.547. The second-order valence-electron chi connectivity index (χ2n) is 9.71. The quantitative estimate of drug-likeness (QED) is 0.401. The smallest absolute Gasteiger partial charge is 0.410 e. The Morgan fingerprint density at radius 3 is 2.66 bits per heavy atom. The van der Waals surface area contributed by atoms with Crippen LogP contribution in [0.5, 0.6) is 11.5 Å². The molecule has 0 unspecified atom stereocenters. The van der Waals surface area contributed by atoms with E-state index < -0.39 is 5.60 Å². The number of anilines is 1. The zero-order valence-corrected chi connectivity index (χ0v) is 22.8. The van der Waals surface area contributed by atoms with Crippen LogP contribution in [-0.4, -0.2) is 55.5 Å². The van der Waals surface area contributed by atoms with Gasteiger partial charge in [0.05, 0.1) is 0 Å². The summed E-state index contributed by atoms with van der Waals surface area (Å²) in [6.45, 7) is 10.9. The van der Waals surface area contributed by atoms with Gasteiger partial charge in [0, 0.05) is 29.1 Å². The highest BCUT2D eigenvalue weighted by molar-refractivity contribution is 14.1. The van der Waals surface area contributed by atoms with Crippen LogP contribution in [0, 0.1) is 3.57 Å². The average Bonchev–Trinajstić information content (AvgIpc) is 3.34. The maximum Gasteiger partial charge on any atom is 0.410 e. The third kappa shape index (κ3) is 5.71. The van der Waals surface area contributed by atoms with E-state index in [0.29, 0.717) is 42.9 Å². The van der Waals surface area contributed by atoms with Crippen molar-refractivity contribution in [1.29, 1.82) is 0 Å². The molecule has 11 heteroatoms. The van der Waals surface area contributed by atoms with Gasteiger partial charge in [-0.25, -0.2) is 19.7 Å². The Morgan fingerprint density at radius 2 is 1.97 bits per heavy atom. The predicted molar refractivity (Wildman–Crippen MR) is 141 cm³/mol. The highest BCUT2D eigenvalue weighted by Gasteiger charge is 2.25. The number of aryl methyl sites for hydroxylation is 1. The first kappa shape index (κ1) is 25.3. The fourth-order valence-corrected chi connectivity index (χ4v) is 4.54. The highest BCUT2D eigenvalue weighted by Crippen LogP contribution is 2.36. The lowest BCUT2D eigenvalue weighted by molar-refractivity contribution is 0.0187. The van der Waals surface area contributed by atoms with Crippen LogP contribution in [0.3, 0.4) is 0 Å². The Balaban J connectivity index is 1.58. The molecule has 3 heterocycles. The summed E-state index contributed by atoms with van der Waals surface area (Å²) in [7, 11) is 0. The molecule has 0 atom stereocenters. The number of carbonyl (C=O) groups excluding carboxylic acids is 1. The molecule has 1 aliphatic rings. The number of hydrogen-bond donors (Lipinski definition) is 1. The fourth-order valence-electron chi connectivity index (χ4n) is 3.91. The Kier molecular flexibility index (Phi) is 7.25. The number of imidazole rings is 1. The maximum absolute atomic E-state index is 12.7. The van der Waals surface area contributed by atoms with Crippen molar-refractivity contribution in [2.24, 2.45) is 0 Å². The lowest BCUT2D eigenvalue weighted by Gasteiger charge is -2.30. The Morgan fingerprint density at radius 1 is 1.26 bits per heavy atom. The van der Waals surface area contributed by atoms with Gasteiger partial charge >= 0.3 is 6.09 Å².